The van der Waals surface area contributed by atoms with Crippen LogP contribution in [0.4, 0.5) is 13.2 Å². The van der Waals surface area contributed by atoms with Crippen LogP contribution in [0.25, 0.3) is 0 Å². The minimum Gasteiger partial charge on any atom is -0.493 e. The average molecular weight is 304 g/mol. The molecule has 1 aromatic heterocycles. The van der Waals surface area contributed by atoms with Gasteiger partial charge in [0.2, 0.25) is 0 Å². The number of hydrogen-bond acceptors (Lipinski definition) is 3. The summed E-state index contributed by atoms with van der Waals surface area (Å²) in [6, 6.07) is 6.33. The number of para-hydroxylation sites is 2. The van der Waals surface area contributed by atoms with Gasteiger partial charge in [-0.05, 0) is 12.1 Å². The summed E-state index contributed by atoms with van der Waals surface area (Å²) >= 11 is 5.75. The van der Waals surface area contributed by atoms with Crippen LogP contribution in [0, 0.1) is 0 Å². The van der Waals surface area contributed by atoms with Crippen LogP contribution in [0.3, 0.4) is 0 Å². The molecule has 2 aromatic rings. The van der Waals surface area contributed by atoms with Gasteiger partial charge in [-0.1, -0.05) is 23.7 Å². The third kappa shape index (κ3) is 2.96. The van der Waals surface area contributed by atoms with E-state index >= 15 is 0 Å². The molecular weight excluding hydrogens is 295 g/mol. The quantitative estimate of drug-likeness (QED) is 0.833. The van der Waals surface area contributed by atoms with Crippen molar-refractivity contribution < 1.29 is 22.6 Å². The molecule has 0 amide bonds. The predicted molar refractivity (Wildman–Crippen MR) is 67.3 cm³/mol. The zero-order valence-corrected chi connectivity index (χ0v) is 11.0. The molecule has 0 unspecified atom stereocenters. The minimum absolute atomic E-state index is 0.133. The highest BCUT2D eigenvalue weighted by molar-refractivity contribution is 6.32. The number of nitrogens with zero attached hydrogens (tertiary/aromatic N) is 1. The SMILES string of the molecule is COc1ccccc1Oc1c(Cl)cncc1C(F)(F)F. The van der Waals surface area contributed by atoms with Gasteiger partial charge in [0.05, 0.1) is 7.11 Å². The first-order valence-electron chi connectivity index (χ1n) is 5.45. The van der Waals surface area contributed by atoms with Crippen molar-refractivity contribution in [3.8, 4) is 17.2 Å². The molecule has 0 fully saturated rings. The van der Waals surface area contributed by atoms with Crippen molar-refractivity contribution >= 4 is 11.6 Å². The summed E-state index contributed by atoms with van der Waals surface area (Å²) in [5, 5.41) is -0.231. The molecule has 0 atom stereocenters. The number of ether oxygens (including phenoxy) is 2. The number of pyridine rings is 1. The van der Waals surface area contributed by atoms with Gasteiger partial charge in [0.25, 0.3) is 0 Å². The fourth-order valence-corrected chi connectivity index (χ4v) is 1.74. The van der Waals surface area contributed by atoms with Gasteiger partial charge >= 0.3 is 6.18 Å². The van der Waals surface area contributed by atoms with Crippen molar-refractivity contribution in [2.75, 3.05) is 7.11 Å². The predicted octanol–water partition coefficient (Wildman–Crippen LogP) is 4.55. The van der Waals surface area contributed by atoms with Gasteiger partial charge in [0, 0.05) is 12.4 Å². The van der Waals surface area contributed by atoms with Crippen molar-refractivity contribution in [1.29, 1.82) is 0 Å². The van der Waals surface area contributed by atoms with E-state index in [9.17, 15) is 13.2 Å². The lowest BCUT2D eigenvalue weighted by Crippen LogP contribution is -2.08. The summed E-state index contributed by atoms with van der Waals surface area (Å²) < 4.78 is 49.0. The molecule has 1 aromatic carbocycles. The number of benzene rings is 1. The van der Waals surface area contributed by atoms with Gasteiger partial charge in [-0.2, -0.15) is 13.2 Å². The van der Waals surface area contributed by atoms with Crippen molar-refractivity contribution in [2.45, 2.75) is 6.18 Å². The van der Waals surface area contributed by atoms with Crippen molar-refractivity contribution in [1.82, 2.24) is 4.98 Å². The Hall–Kier alpha value is -1.95. The van der Waals surface area contributed by atoms with E-state index in [2.05, 4.69) is 4.98 Å². The Bertz CT molecular complexity index is 617. The molecule has 0 saturated carbocycles. The number of rotatable bonds is 3. The van der Waals surface area contributed by atoms with Crippen LogP contribution in [-0.2, 0) is 6.18 Å². The molecule has 2 rings (SSSR count). The summed E-state index contributed by atoms with van der Waals surface area (Å²) in [6.45, 7) is 0. The van der Waals surface area contributed by atoms with Gasteiger partial charge < -0.3 is 9.47 Å². The van der Waals surface area contributed by atoms with Crippen LogP contribution >= 0.6 is 11.6 Å². The lowest BCUT2D eigenvalue weighted by atomic mass is 10.2. The van der Waals surface area contributed by atoms with Crippen LogP contribution in [0.2, 0.25) is 5.02 Å². The average Bonchev–Trinajstić information content (AvgIpc) is 2.40. The maximum atomic E-state index is 12.9. The first kappa shape index (κ1) is 14.5. The molecule has 0 N–H and O–H groups in total. The summed E-state index contributed by atoms with van der Waals surface area (Å²) in [5.41, 5.74) is -1.05. The summed E-state index contributed by atoms with van der Waals surface area (Å²) in [5.74, 6) is -0.0687. The monoisotopic (exact) mass is 303 g/mol. The van der Waals surface area contributed by atoms with Crippen molar-refractivity contribution in [3.63, 3.8) is 0 Å². The second-order valence-electron chi connectivity index (χ2n) is 3.75. The standard InChI is InChI=1S/C13H9ClF3NO2/c1-19-10-4-2-3-5-11(10)20-12-8(13(15,16)17)6-18-7-9(12)14/h2-7H,1H3. The summed E-state index contributed by atoms with van der Waals surface area (Å²) in [4.78, 5) is 3.43. The largest absolute Gasteiger partial charge is 0.493 e. The molecule has 3 nitrogen and oxygen atoms in total. The zero-order valence-electron chi connectivity index (χ0n) is 10.2. The third-order valence-corrected chi connectivity index (χ3v) is 2.71. The Balaban J connectivity index is 2.48. The van der Waals surface area contributed by atoms with E-state index in [1.54, 1.807) is 18.2 Å². The minimum atomic E-state index is -4.62. The van der Waals surface area contributed by atoms with Crippen molar-refractivity contribution in [2.24, 2.45) is 0 Å². The smallest absolute Gasteiger partial charge is 0.421 e. The lowest BCUT2D eigenvalue weighted by molar-refractivity contribution is -0.138. The van der Waals surface area contributed by atoms with E-state index in [4.69, 9.17) is 21.1 Å². The molecule has 106 valence electrons. The Labute approximate surface area is 117 Å². The normalized spacial score (nSPS) is 11.2. The van der Waals surface area contributed by atoms with E-state index in [1.165, 1.54) is 13.2 Å². The molecule has 0 saturated heterocycles. The van der Waals surface area contributed by atoms with E-state index in [0.29, 0.717) is 11.9 Å². The summed E-state index contributed by atoms with van der Waals surface area (Å²) in [7, 11) is 1.39. The second kappa shape index (κ2) is 5.58. The first-order valence-corrected chi connectivity index (χ1v) is 5.83. The fraction of sp³-hybridized carbons (Fsp3) is 0.154. The van der Waals surface area contributed by atoms with Crippen LogP contribution < -0.4 is 9.47 Å². The van der Waals surface area contributed by atoms with Crippen LogP contribution in [-0.4, -0.2) is 12.1 Å². The zero-order chi connectivity index (χ0) is 14.8. The van der Waals surface area contributed by atoms with Crippen LogP contribution in [0.5, 0.6) is 17.2 Å². The number of aromatic nitrogens is 1. The topological polar surface area (TPSA) is 31.4 Å². The van der Waals surface area contributed by atoms with E-state index < -0.39 is 17.5 Å². The van der Waals surface area contributed by atoms with Gasteiger partial charge in [-0.3, -0.25) is 4.98 Å². The molecule has 0 aliphatic rings. The highest BCUT2D eigenvalue weighted by Gasteiger charge is 2.36. The Kier molecular flexibility index (Phi) is 4.04. The van der Waals surface area contributed by atoms with Crippen molar-refractivity contribution in [3.05, 3.63) is 47.2 Å². The molecule has 20 heavy (non-hydrogen) atoms. The molecule has 0 spiro atoms. The van der Waals surface area contributed by atoms with E-state index in [-0.39, 0.29) is 10.8 Å². The van der Waals surface area contributed by atoms with Gasteiger partial charge in [0.1, 0.15) is 10.6 Å². The fourth-order valence-electron chi connectivity index (χ4n) is 1.54. The molecule has 0 bridgehead atoms. The number of hydrogen-bond donors (Lipinski definition) is 0. The Morgan fingerprint density at radius 3 is 2.35 bits per heavy atom. The maximum absolute atomic E-state index is 12.9. The van der Waals surface area contributed by atoms with E-state index in [0.717, 1.165) is 6.20 Å². The highest BCUT2D eigenvalue weighted by atomic mass is 35.5. The molecule has 7 heteroatoms. The van der Waals surface area contributed by atoms with E-state index in [1.807, 2.05) is 0 Å². The Morgan fingerprint density at radius 1 is 1.10 bits per heavy atom. The molecule has 1 heterocycles. The number of methoxy groups -OCH3 is 1. The highest BCUT2D eigenvalue weighted by Crippen LogP contribution is 2.43. The molecule has 0 aliphatic carbocycles. The van der Waals surface area contributed by atoms with Crippen LogP contribution in [0.1, 0.15) is 5.56 Å². The van der Waals surface area contributed by atoms with Crippen LogP contribution in [0.15, 0.2) is 36.7 Å². The first-order chi connectivity index (χ1) is 9.43. The Morgan fingerprint density at radius 2 is 1.75 bits per heavy atom. The second-order valence-corrected chi connectivity index (χ2v) is 4.16. The lowest BCUT2D eigenvalue weighted by Gasteiger charge is -2.15. The number of alkyl halides is 3. The van der Waals surface area contributed by atoms with Gasteiger partial charge in [-0.15, -0.1) is 0 Å². The molecule has 0 aliphatic heterocycles. The number of halogens is 4. The molecule has 0 radical (unpaired) electrons. The van der Waals surface area contributed by atoms with Gasteiger partial charge in [-0.25, -0.2) is 0 Å². The summed E-state index contributed by atoms with van der Waals surface area (Å²) in [6.07, 6.45) is -2.87. The van der Waals surface area contributed by atoms with Gasteiger partial charge in [0.15, 0.2) is 17.2 Å². The third-order valence-electron chi connectivity index (χ3n) is 2.44. The maximum Gasteiger partial charge on any atom is 0.421 e. The molecular formula is C13H9ClF3NO2.